The number of hydrogen-bond acceptors (Lipinski definition) is 6. The van der Waals surface area contributed by atoms with Crippen LogP contribution in [0, 0.1) is 0 Å². The van der Waals surface area contributed by atoms with Gasteiger partial charge in [0.1, 0.15) is 4.90 Å². The van der Waals surface area contributed by atoms with Crippen molar-refractivity contribution < 1.29 is 12.6 Å². The summed E-state index contributed by atoms with van der Waals surface area (Å²) in [6, 6.07) is 7.06. The Morgan fingerprint density at radius 2 is 1.50 bits per heavy atom. The summed E-state index contributed by atoms with van der Waals surface area (Å²) in [5, 5.41) is -0.512. The number of halogens is 2. The number of aromatic nitrogens is 3. The van der Waals surface area contributed by atoms with Gasteiger partial charge >= 0.3 is 16.1 Å². The monoisotopic (exact) mass is 305 g/mol. The number of benzene rings is 1. The maximum absolute atomic E-state index is 11.8. The fourth-order valence-electron chi connectivity index (χ4n) is 1.08. The highest BCUT2D eigenvalue weighted by Gasteiger charge is 2.18. The molecule has 0 saturated heterocycles. The fraction of sp³-hybridized carbons (Fsp3) is 0. The predicted octanol–water partition coefficient (Wildman–Crippen LogP) is 1.95. The minimum absolute atomic E-state index is 0.0299. The van der Waals surface area contributed by atoms with Crippen molar-refractivity contribution in [1.82, 2.24) is 15.0 Å². The second-order valence-electron chi connectivity index (χ2n) is 3.01. The molecule has 1 aromatic heterocycles. The average Bonchev–Trinajstić information content (AvgIpc) is 2.28. The fourth-order valence-corrected chi connectivity index (χ4v) is 2.29. The van der Waals surface area contributed by atoms with Crippen molar-refractivity contribution in [3.05, 3.63) is 40.9 Å². The van der Waals surface area contributed by atoms with Gasteiger partial charge in [-0.25, -0.2) is 0 Å². The Morgan fingerprint density at radius 3 is 2.06 bits per heavy atom. The summed E-state index contributed by atoms with van der Waals surface area (Å²) in [5.74, 6) is 0. The average molecular weight is 306 g/mol. The summed E-state index contributed by atoms with van der Waals surface area (Å²) < 4.78 is 28.3. The van der Waals surface area contributed by atoms with Gasteiger partial charge < -0.3 is 4.18 Å². The van der Waals surface area contributed by atoms with Gasteiger partial charge in [-0.3, -0.25) is 0 Å². The largest absolute Gasteiger partial charge is 0.341 e. The first kappa shape index (κ1) is 13.0. The molecule has 0 bridgehead atoms. The van der Waals surface area contributed by atoms with Gasteiger partial charge in [-0.15, -0.1) is 0 Å². The van der Waals surface area contributed by atoms with Crippen molar-refractivity contribution in [2.24, 2.45) is 0 Å². The summed E-state index contributed by atoms with van der Waals surface area (Å²) >= 11 is 11.0. The molecule has 0 atom stereocenters. The topological polar surface area (TPSA) is 82.0 Å². The molecule has 2 aromatic rings. The van der Waals surface area contributed by atoms with E-state index >= 15 is 0 Å². The first-order valence-corrected chi connectivity index (χ1v) is 6.70. The van der Waals surface area contributed by atoms with E-state index in [1.165, 1.54) is 12.1 Å². The lowest BCUT2D eigenvalue weighted by Gasteiger charge is -2.04. The van der Waals surface area contributed by atoms with E-state index in [1.807, 2.05) is 0 Å². The van der Waals surface area contributed by atoms with E-state index in [9.17, 15) is 8.42 Å². The van der Waals surface area contributed by atoms with Gasteiger partial charge in [-0.2, -0.15) is 23.4 Å². The zero-order chi connectivity index (χ0) is 13.2. The van der Waals surface area contributed by atoms with Crippen LogP contribution in [0.1, 0.15) is 0 Å². The molecular weight excluding hydrogens is 301 g/mol. The van der Waals surface area contributed by atoms with E-state index in [4.69, 9.17) is 27.4 Å². The van der Waals surface area contributed by atoms with Crippen LogP contribution in [-0.4, -0.2) is 23.4 Å². The maximum atomic E-state index is 11.8. The zero-order valence-corrected chi connectivity index (χ0v) is 10.9. The molecule has 0 spiro atoms. The van der Waals surface area contributed by atoms with E-state index in [2.05, 4.69) is 15.0 Å². The highest BCUT2D eigenvalue weighted by atomic mass is 35.5. The van der Waals surface area contributed by atoms with Crippen LogP contribution >= 0.6 is 23.2 Å². The summed E-state index contributed by atoms with van der Waals surface area (Å²) in [7, 11) is -4.02. The molecule has 94 valence electrons. The molecule has 2 rings (SSSR count). The van der Waals surface area contributed by atoms with Crippen LogP contribution in [0.4, 0.5) is 0 Å². The van der Waals surface area contributed by atoms with Crippen molar-refractivity contribution in [3.8, 4) is 6.01 Å². The molecule has 0 N–H and O–H groups in total. The Hall–Kier alpha value is -1.44. The molecule has 0 amide bonds. The van der Waals surface area contributed by atoms with E-state index in [0.717, 1.165) is 0 Å². The highest BCUT2D eigenvalue weighted by Crippen LogP contribution is 2.17. The second-order valence-corrected chi connectivity index (χ2v) is 5.23. The highest BCUT2D eigenvalue weighted by molar-refractivity contribution is 7.87. The lowest BCUT2D eigenvalue weighted by molar-refractivity contribution is 0.462. The normalized spacial score (nSPS) is 11.2. The summed E-state index contributed by atoms with van der Waals surface area (Å²) in [6.45, 7) is 0. The van der Waals surface area contributed by atoms with E-state index in [1.54, 1.807) is 18.2 Å². The van der Waals surface area contributed by atoms with Gasteiger partial charge in [0, 0.05) is 0 Å². The predicted molar refractivity (Wildman–Crippen MR) is 64.1 cm³/mol. The minimum Gasteiger partial charge on any atom is -0.339 e. The Bertz CT molecular complexity index is 644. The van der Waals surface area contributed by atoms with Crippen LogP contribution in [0.2, 0.25) is 10.6 Å². The van der Waals surface area contributed by atoms with Crippen LogP contribution in [0.5, 0.6) is 6.01 Å². The van der Waals surface area contributed by atoms with Crippen LogP contribution in [0.3, 0.4) is 0 Å². The maximum Gasteiger partial charge on any atom is 0.341 e. The van der Waals surface area contributed by atoms with E-state index in [0.29, 0.717) is 0 Å². The molecule has 18 heavy (non-hydrogen) atoms. The molecule has 9 heteroatoms. The van der Waals surface area contributed by atoms with Crippen LogP contribution < -0.4 is 4.18 Å². The second kappa shape index (κ2) is 5.05. The number of nitrogens with zero attached hydrogens (tertiary/aromatic N) is 3. The molecule has 6 nitrogen and oxygen atoms in total. The smallest absolute Gasteiger partial charge is 0.339 e. The van der Waals surface area contributed by atoms with Crippen molar-refractivity contribution in [2.45, 2.75) is 4.90 Å². The van der Waals surface area contributed by atoms with Crippen molar-refractivity contribution >= 4 is 33.3 Å². The summed E-state index contributed by atoms with van der Waals surface area (Å²) in [6.07, 6.45) is 0. The SMILES string of the molecule is O=S(=O)(Oc1nc(Cl)nc(Cl)n1)c1ccccc1. The molecule has 1 aromatic carbocycles. The number of rotatable bonds is 3. The quantitative estimate of drug-likeness (QED) is 0.806. The minimum atomic E-state index is -4.02. The van der Waals surface area contributed by atoms with Gasteiger partial charge in [-0.1, -0.05) is 18.2 Å². The molecule has 0 saturated carbocycles. The standard InChI is InChI=1S/C9H5Cl2N3O3S/c10-7-12-8(11)14-9(13-7)17-18(15,16)6-4-2-1-3-5-6/h1-5H. The molecule has 1 heterocycles. The number of hydrogen-bond donors (Lipinski definition) is 0. The third-order valence-electron chi connectivity index (χ3n) is 1.78. The Kier molecular flexibility index (Phi) is 3.65. The molecule has 0 aliphatic heterocycles. The molecule has 0 fully saturated rings. The lowest BCUT2D eigenvalue weighted by atomic mass is 10.4. The molecule has 0 aliphatic rings. The first-order valence-electron chi connectivity index (χ1n) is 4.54. The molecule has 0 radical (unpaired) electrons. The lowest BCUT2D eigenvalue weighted by Crippen LogP contribution is -2.12. The first-order chi connectivity index (χ1) is 8.47. The third kappa shape index (κ3) is 3.06. The third-order valence-corrected chi connectivity index (χ3v) is 3.33. The van der Waals surface area contributed by atoms with E-state index in [-0.39, 0.29) is 15.5 Å². The van der Waals surface area contributed by atoms with E-state index < -0.39 is 16.1 Å². The summed E-state index contributed by atoms with van der Waals surface area (Å²) in [4.78, 5) is 10.4. The van der Waals surface area contributed by atoms with Crippen LogP contribution in [0.15, 0.2) is 35.2 Å². The summed E-state index contributed by atoms with van der Waals surface area (Å²) in [5.41, 5.74) is 0. The Morgan fingerprint density at radius 1 is 0.944 bits per heavy atom. The van der Waals surface area contributed by atoms with Gasteiger partial charge in [0.2, 0.25) is 10.6 Å². The van der Waals surface area contributed by atoms with Crippen LogP contribution in [0.25, 0.3) is 0 Å². The molecular formula is C9H5Cl2N3O3S. The van der Waals surface area contributed by atoms with Gasteiger partial charge in [0.25, 0.3) is 0 Å². The van der Waals surface area contributed by atoms with Crippen molar-refractivity contribution in [2.75, 3.05) is 0 Å². The van der Waals surface area contributed by atoms with Crippen molar-refractivity contribution in [3.63, 3.8) is 0 Å². The van der Waals surface area contributed by atoms with Crippen molar-refractivity contribution in [1.29, 1.82) is 0 Å². The van der Waals surface area contributed by atoms with Gasteiger partial charge in [0.15, 0.2) is 0 Å². The van der Waals surface area contributed by atoms with Gasteiger partial charge in [-0.05, 0) is 35.3 Å². The van der Waals surface area contributed by atoms with Crippen LogP contribution in [-0.2, 0) is 10.1 Å². The molecule has 0 aliphatic carbocycles. The Labute approximate surface area is 113 Å². The zero-order valence-electron chi connectivity index (χ0n) is 8.62. The Balaban J connectivity index is 2.34. The molecule has 0 unspecified atom stereocenters. The van der Waals surface area contributed by atoms with Gasteiger partial charge in [0.05, 0.1) is 0 Å².